The average molecular weight is 172 g/mol. The van der Waals surface area contributed by atoms with Crippen molar-refractivity contribution in [2.24, 2.45) is 0 Å². The monoisotopic (exact) mass is 172 g/mol. The van der Waals surface area contributed by atoms with E-state index in [1.165, 1.54) is 0 Å². The van der Waals surface area contributed by atoms with Gasteiger partial charge in [0, 0.05) is 5.69 Å². The van der Waals surface area contributed by atoms with Crippen molar-refractivity contribution in [3.05, 3.63) is 29.8 Å². The van der Waals surface area contributed by atoms with E-state index in [1.54, 1.807) is 0 Å². The van der Waals surface area contributed by atoms with Crippen molar-refractivity contribution in [3.8, 4) is 6.07 Å². The van der Waals surface area contributed by atoms with Crippen molar-refractivity contribution in [2.75, 3.05) is 5.32 Å². The lowest BCUT2D eigenvalue weighted by atomic mass is 9.98. The van der Waals surface area contributed by atoms with Crippen LogP contribution in [0.25, 0.3) is 0 Å². The number of nitrogens with zero attached hydrogens (tertiary/aromatic N) is 1. The first-order valence-corrected chi connectivity index (χ1v) is 4.09. The molecule has 1 amide bonds. The van der Waals surface area contributed by atoms with Crippen LogP contribution in [-0.2, 0) is 4.79 Å². The number of carbonyl (C=O) groups excluding carboxylic acids is 1. The molecule has 13 heavy (non-hydrogen) atoms. The predicted octanol–water partition coefficient (Wildman–Crippen LogP) is 1.64. The van der Waals surface area contributed by atoms with E-state index in [1.807, 2.05) is 30.3 Å². The Labute approximate surface area is 76.0 Å². The molecule has 0 unspecified atom stereocenters. The van der Waals surface area contributed by atoms with Crippen LogP contribution in [0, 0.1) is 11.3 Å². The normalized spacial score (nSPS) is 19.0. The van der Waals surface area contributed by atoms with E-state index in [0.717, 1.165) is 11.3 Å². The number of carbonyl (C=O) groups is 1. The van der Waals surface area contributed by atoms with Gasteiger partial charge in [-0.1, -0.05) is 18.2 Å². The molecular weight excluding hydrogens is 164 g/mol. The van der Waals surface area contributed by atoms with Gasteiger partial charge in [-0.3, -0.25) is 4.79 Å². The molecule has 1 aromatic carbocycles. The second-order valence-electron chi connectivity index (χ2n) is 2.99. The molecule has 1 atom stereocenters. The minimum Gasteiger partial charge on any atom is -0.325 e. The summed E-state index contributed by atoms with van der Waals surface area (Å²) < 4.78 is 0. The topological polar surface area (TPSA) is 52.9 Å². The Hall–Kier alpha value is -1.82. The molecular formula is C10H8N2O. The molecule has 0 radical (unpaired) electrons. The molecule has 3 nitrogen and oxygen atoms in total. The van der Waals surface area contributed by atoms with E-state index in [2.05, 4.69) is 5.32 Å². The number of fused-ring (bicyclic) bond motifs is 1. The Morgan fingerprint density at radius 2 is 2.23 bits per heavy atom. The molecule has 1 heterocycles. The minimum absolute atomic E-state index is 0.0669. The quantitative estimate of drug-likeness (QED) is 0.700. The van der Waals surface area contributed by atoms with E-state index in [-0.39, 0.29) is 18.2 Å². The number of anilines is 1. The van der Waals surface area contributed by atoms with Gasteiger partial charge in [0.2, 0.25) is 5.91 Å². The van der Waals surface area contributed by atoms with Crippen LogP contribution >= 0.6 is 0 Å². The first-order chi connectivity index (χ1) is 6.33. The first kappa shape index (κ1) is 7.81. The van der Waals surface area contributed by atoms with Gasteiger partial charge in [-0.05, 0) is 11.6 Å². The van der Waals surface area contributed by atoms with Gasteiger partial charge in [-0.15, -0.1) is 0 Å². The molecule has 0 saturated heterocycles. The highest BCUT2D eigenvalue weighted by molar-refractivity contribution is 6.02. The Morgan fingerprint density at radius 1 is 1.46 bits per heavy atom. The zero-order valence-corrected chi connectivity index (χ0v) is 6.95. The molecule has 1 aliphatic heterocycles. The molecule has 3 heteroatoms. The second-order valence-corrected chi connectivity index (χ2v) is 2.99. The minimum atomic E-state index is -0.277. The summed E-state index contributed by atoms with van der Waals surface area (Å²) in [4.78, 5) is 11.4. The number of nitrogens with one attached hydrogen (secondary N) is 1. The SMILES string of the molecule is N#CC[C@H]1C(=O)Nc2ccccc21. The molecule has 0 bridgehead atoms. The second kappa shape index (κ2) is 2.91. The van der Waals surface area contributed by atoms with Crippen LogP contribution in [0.1, 0.15) is 17.9 Å². The van der Waals surface area contributed by atoms with Crippen LogP contribution in [0.15, 0.2) is 24.3 Å². The van der Waals surface area contributed by atoms with Crippen molar-refractivity contribution >= 4 is 11.6 Å². The van der Waals surface area contributed by atoms with E-state index < -0.39 is 0 Å². The lowest BCUT2D eigenvalue weighted by molar-refractivity contribution is -0.116. The van der Waals surface area contributed by atoms with Crippen LogP contribution in [0.2, 0.25) is 0 Å². The summed E-state index contributed by atoms with van der Waals surface area (Å²) in [6, 6.07) is 9.50. The summed E-state index contributed by atoms with van der Waals surface area (Å²) in [5.41, 5.74) is 1.78. The smallest absolute Gasteiger partial charge is 0.233 e. The maximum absolute atomic E-state index is 11.4. The summed E-state index contributed by atoms with van der Waals surface area (Å²) in [6.07, 6.45) is 0.253. The van der Waals surface area contributed by atoms with Crippen LogP contribution in [0.3, 0.4) is 0 Å². The number of amides is 1. The third-order valence-corrected chi connectivity index (χ3v) is 2.21. The molecule has 1 aliphatic rings. The molecule has 0 aromatic heterocycles. The van der Waals surface area contributed by atoms with Crippen LogP contribution in [-0.4, -0.2) is 5.91 Å². The van der Waals surface area contributed by atoms with Crippen LogP contribution in [0.4, 0.5) is 5.69 Å². The number of hydrogen-bond acceptors (Lipinski definition) is 2. The zero-order chi connectivity index (χ0) is 9.26. The molecule has 64 valence electrons. The number of nitriles is 1. The Balaban J connectivity index is 2.42. The lowest BCUT2D eigenvalue weighted by Gasteiger charge is -2.01. The first-order valence-electron chi connectivity index (χ1n) is 4.09. The predicted molar refractivity (Wildman–Crippen MR) is 48.0 cm³/mol. The lowest BCUT2D eigenvalue weighted by Crippen LogP contribution is -2.11. The van der Waals surface area contributed by atoms with Crippen molar-refractivity contribution in [3.63, 3.8) is 0 Å². The fraction of sp³-hybridized carbons (Fsp3) is 0.200. The molecule has 0 spiro atoms. The third-order valence-electron chi connectivity index (χ3n) is 2.21. The highest BCUT2D eigenvalue weighted by atomic mass is 16.2. The van der Waals surface area contributed by atoms with Crippen molar-refractivity contribution in [1.82, 2.24) is 0 Å². The fourth-order valence-electron chi connectivity index (χ4n) is 1.57. The largest absolute Gasteiger partial charge is 0.325 e. The maximum Gasteiger partial charge on any atom is 0.233 e. The Kier molecular flexibility index (Phi) is 1.75. The summed E-state index contributed by atoms with van der Waals surface area (Å²) >= 11 is 0. The number of para-hydroxylation sites is 1. The van der Waals surface area contributed by atoms with Gasteiger partial charge in [0.05, 0.1) is 18.4 Å². The van der Waals surface area contributed by atoms with Crippen LogP contribution < -0.4 is 5.32 Å². The highest BCUT2D eigenvalue weighted by Gasteiger charge is 2.29. The summed E-state index contributed by atoms with van der Waals surface area (Å²) in [5.74, 6) is -0.344. The maximum atomic E-state index is 11.4. The van der Waals surface area contributed by atoms with E-state index >= 15 is 0 Å². The summed E-state index contributed by atoms with van der Waals surface area (Å²) in [6.45, 7) is 0. The van der Waals surface area contributed by atoms with Gasteiger partial charge in [0.1, 0.15) is 0 Å². The molecule has 2 rings (SSSR count). The molecule has 1 aromatic rings. The van der Waals surface area contributed by atoms with E-state index in [9.17, 15) is 4.79 Å². The molecule has 1 N–H and O–H groups in total. The van der Waals surface area contributed by atoms with Crippen molar-refractivity contribution in [2.45, 2.75) is 12.3 Å². The van der Waals surface area contributed by atoms with Gasteiger partial charge < -0.3 is 5.32 Å². The number of rotatable bonds is 1. The zero-order valence-electron chi connectivity index (χ0n) is 6.95. The average Bonchev–Trinajstić information content (AvgIpc) is 2.44. The summed E-state index contributed by atoms with van der Waals surface area (Å²) in [5, 5.41) is 11.3. The van der Waals surface area contributed by atoms with Gasteiger partial charge in [0.15, 0.2) is 0 Å². The molecule has 0 saturated carbocycles. The highest BCUT2D eigenvalue weighted by Crippen LogP contribution is 2.33. The van der Waals surface area contributed by atoms with Gasteiger partial charge >= 0.3 is 0 Å². The number of hydrogen-bond donors (Lipinski definition) is 1. The van der Waals surface area contributed by atoms with E-state index in [4.69, 9.17) is 5.26 Å². The van der Waals surface area contributed by atoms with Crippen molar-refractivity contribution < 1.29 is 4.79 Å². The van der Waals surface area contributed by atoms with Gasteiger partial charge in [0.25, 0.3) is 0 Å². The van der Waals surface area contributed by atoms with Crippen LogP contribution in [0.5, 0.6) is 0 Å². The molecule has 0 fully saturated rings. The van der Waals surface area contributed by atoms with E-state index in [0.29, 0.717) is 0 Å². The van der Waals surface area contributed by atoms with Crippen molar-refractivity contribution in [1.29, 1.82) is 5.26 Å². The fourth-order valence-corrected chi connectivity index (χ4v) is 1.57. The standard InChI is InChI=1S/C10H8N2O/c11-6-5-8-7-3-1-2-4-9(7)12-10(8)13/h1-4,8H,5H2,(H,12,13)/t8-/m1/s1. The number of benzene rings is 1. The summed E-state index contributed by atoms with van der Waals surface area (Å²) in [7, 11) is 0. The Morgan fingerprint density at radius 3 is 3.00 bits per heavy atom. The third kappa shape index (κ3) is 1.17. The molecule has 0 aliphatic carbocycles. The Bertz CT molecular complexity index is 392. The van der Waals surface area contributed by atoms with Gasteiger partial charge in [-0.2, -0.15) is 5.26 Å². The van der Waals surface area contributed by atoms with Gasteiger partial charge in [-0.25, -0.2) is 0 Å².